The van der Waals surface area contributed by atoms with E-state index in [0.29, 0.717) is 12.3 Å². The van der Waals surface area contributed by atoms with Crippen molar-refractivity contribution >= 4 is 5.97 Å². The summed E-state index contributed by atoms with van der Waals surface area (Å²) in [4.78, 5) is 11.2. The van der Waals surface area contributed by atoms with Crippen LogP contribution in [0.4, 0.5) is 0 Å². The van der Waals surface area contributed by atoms with E-state index < -0.39 is 11.5 Å². The fourth-order valence-electron chi connectivity index (χ4n) is 2.76. The molecule has 1 aliphatic carbocycles. The van der Waals surface area contributed by atoms with Crippen LogP contribution in [0.15, 0.2) is 0 Å². The molecule has 2 atom stereocenters. The van der Waals surface area contributed by atoms with Crippen LogP contribution >= 0.6 is 0 Å². The lowest BCUT2D eigenvalue weighted by Crippen LogP contribution is -2.49. The third-order valence-corrected chi connectivity index (χ3v) is 4.31. The van der Waals surface area contributed by atoms with E-state index in [1.54, 1.807) is 14.0 Å². The zero-order chi connectivity index (χ0) is 14.3. The first-order chi connectivity index (χ1) is 8.98. The molecule has 0 radical (unpaired) electrons. The summed E-state index contributed by atoms with van der Waals surface area (Å²) >= 11 is 0. The van der Waals surface area contributed by atoms with E-state index in [1.807, 2.05) is 6.92 Å². The zero-order valence-corrected chi connectivity index (χ0v) is 12.6. The lowest BCUT2D eigenvalue weighted by molar-refractivity contribution is -0.145. The molecule has 2 unspecified atom stereocenters. The van der Waals surface area contributed by atoms with Crippen LogP contribution in [0.1, 0.15) is 58.8 Å². The van der Waals surface area contributed by atoms with Crippen molar-refractivity contribution in [1.29, 1.82) is 0 Å². The van der Waals surface area contributed by atoms with Crippen LogP contribution in [0, 0.1) is 5.92 Å². The topological polar surface area (TPSA) is 58.6 Å². The fraction of sp³-hybridized carbons (Fsp3) is 0.933. The van der Waals surface area contributed by atoms with Crippen molar-refractivity contribution in [2.24, 2.45) is 5.92 Å². The smallest absolute Gasteiger partial charge is 0.323 e. The molecule has 1 aliphatic rings. The molecule has 4 heteroatoms. The second-order valence-corrected chi connectivity index (χ2v) is 6.09. The van der Waals surface area contributed by atoms with Crippen LogP contribution in [0.2, 0.25) is 0 Å². The number of hydrogen-bond acceptors (Lipinski definition) is 3. The van der Waals surface area contributed by atoms with Crippen molar-refractivity contribution in [1.82, 2.24) is 5.32 Å². The Balaban J connectivity index is 2.33. The number of hydrogen-bond donors (Lipinski definition) is 2. The Bertz CT molecular complexity index is 275. The second kappa shape index (κ2) is 7.85. The third-order valence-electron chi connectivity index (χ3n) is 4.31. The molecule has 4 nitrogen and oxygen atoms in total. The summed E-state index contributed by atoms with van der Waals surface area (Å²) in [5, 5.41) is 12.1. The van der Waals surface area contributed by atoms with Crippen LogP contribution < -0.4 is 5.32 Å². The number of carboxylic acid groups (broad SMARTS) is 1. The number of rotatable bonds is 7. The Morgan fingerprint density at radius 2 is 1.95 bits per heavy atom. The standard InChI is InChI=1S/C15H29NO3/c1-12(10-15(2,16-3)14(17)18)19-11-13-8-6-4-5-7-9-13/h12-13,16H,4-11H2,1-3H3,(H,17,18). The first-order valence-corrected chi connectivity index (χ1v) is 7.52. The molecular formula is C15H29NO3. The summed E-state index contributed by atoms with van der Waals surface area (Å²) in [5.41, 5.74) is -0.900. The SMILES string of the molecule is CNC(C)(CC(C)OCC1CCCCCC1)C(=O)O. The predicted octanol–water partition coefficient (Wildman–Crippen LogP) is 2.81. The number of carboxylic acids is 1. The summed E-state index contributed by atoms with van der Waals surface area (Å²) in [7, 11) is 1.69. The number of likely N-dealkylation sites (N-methyl/N-ethyl adjacent to an activating group) is 1. The van der Waals surface area contributed by atoms with Crippen LogP contribution in [0.5, 0.6) is 0 Å². The summed E-state index contributed by atoms with van der Waals surface area (Å²) in [6, 6.07) is 0. The molecule has 0 aromatic heterocycles. The van der Waals surface area contributed by atoms with Gasteiger partial charge in [0.25, 0.3) is 0 Å². The van der Waals surface area contributed by atoms with E-state index in [2.05, 4.69) is 5.32 Å². The average molecular weight is 271 g/mol. The van der Waals surface area contributed by atoms with Crippen LogP contribution in [-0.4, -0.2) is 36.4 Å². The van der Waals surface area contributed by atoms with Gasteiger partial charge in [-0.05, 0) is 39.7 Å². The second-order valence-electron chi connectivity index (χ2n) is 6.09. The molecule has 0 aromatic rings. The Hall–Kier alpha value is -0.610. The zero-order valence-electron chi connectivity index (χ0n) is 12.6. The lowest BCUT2D eigenvalue weighted by atomic mass is 9.95. The molecule has 0 heterocycles. The van der Waals surface area contributed by atoms with Gasteiger partial charge < -0.3 is 15.2 Å². The van der Waals surface area contributed by atoms with Gasteiger partial charge >= 0.3 is 5.97 Å². The summed E-state index contributed by atoms with van der Waals surface area (Å²) in [6.07, 6.45) is 8.30. The average Bonchev–Trinajstić information content (AvgIpc) is 2.64. The van der Waals surface area contributed by atoms with Gasteiger partial charge in [0, 0.05) is 13.0 Å². The molecule has 0 aliphatic heterocycles. The Labute approximate surface area is 116 Å². The Morgan fingerprint density at radius 3 is 2.42 bits per heavy atom. The highest BCUT2D eigenvalue weighted by molar-refractivity contribution is 5.78. The number of aliphatic carboxylic acids is 1. The predicted molar refractivity (Wildman–Crippen MR) is 76.3 cm³/mol. The maximum absolute atomic E-state index is 11.2. The van der Waals surface area contributed by atoms with Crippen molar-refractivity contribution in [3.05, 3.63) is 0 Å². The molecule has 1 saturated carbocycles. The third kappa shape index (κ3) is 5.49. The summed E-state index contributed by atoms with van der Waals surface area (Å²) < 4.78 is 5.88. The molecule has 1 fully saturated rings. The Morgan fingerprint density at radius 1 is 1.37 bits per heavy atom. The maximum atomic E-state index is 11.2. The van der Waals surface area contributed by atoms with Gasteiger partial charge in [-0.2, -0.15) is 0 Å². The van der Waals surface area contributed by atoms with Crippen molar-refractivity contribution in [2.45, 2.75) is 70.4 Å². The van der Waals surface area contributed by atoms with Gasteiger partial charge in [-0.15, -0.1) is 0 Å². The van der Waals surface area contributed by atoms with Gasteiger partial charge in [0.05, 0.1) is 6.10 Å². The van der Waals surface area contributed by atoms with E-state index in [0.717, 1.165) is 6.61 Å². The highest BCUT2D eigenvalue weighted by atomic mass is 16.5. The van der Waals surface area contributed by atoms with E-state index >= 15 is 0 Å². The van der Waals surface area contributed by atoms with E-state index in [9.17, 15) is 9.90 Å². The maximum Gasteiger partial charge on any atom is 0.323 e. The summed E-state index contributed by atoms with van der Waals surface area (Å²) in [6.45, 7) is 4.46. The minimum Gasteiger partial charge on any atom is -0.480 e. The first-order valence-electron chi connectivity index (χ1n) is 7.52. The molecule has 0 aromatic carbocycles. The minimum atomic E-state index is -0.900. The van der Waals surface area contributed by atoms with Gasteiger partial charge in [-0.25, -0.2) is 0 Å². The number of carbonyl (C=O) groups is 1. The monoisotopic (exact) mass is 271 g/mol. The normalized spacial score (nSPS) is 22.5. The van der Waals surface area contributed by atoms with Gasteiger partial charge in [0.1, 0.15) is 5.54 Å². The Kier molecular flexibility index (Phi) is 6.80. The van der Waals surface area contributed by atoms with Gasteiger partial charge in [-0.3, -0.25) is 4.79 Å². The highest BCUT2D eigenvalue weighted by Gasteiger charge is 2.33. The van der Waals surface area contributed by atoms with Crippen molar-refractivity contribution < 1.29 is 14.6 Å². The minimum absolute atomic E-state index is 0.0307. The van der Waals surface area contributed by atoms with Crippen LogP contribution in [0.25, 0.3) is 0 Å². The van der Waals surface area contributed by atoms with Crippen molar-refractivity contribution in [3.63, 3.8) is 0 Å². The molecule has 1 rings (SSSR count). The molecule has 0 amide bonds. The van der Waals surface area contributed by atoms with E-state index in [1.165, 1.54) is 38.5 Å². The van der Waals surface area contributed by atoms with Gasteiger partial charge in [0.2, 0.25) is 0 Å². The first kappa shape index (κ1) is 16.4. The fourth-order valence-corrected chi connectivity index (χ4v) is 2.76. The lowest BCUT2D eigenvalue weighted by Gasteiger charge is -2.28. The molecular weight excluding hydrogens is 242 g/mol. The van der Waals surface area contributed by atoms with Gasteiger partial charge in [0.15, 0.2) is 0 Å². The quantitative estimate of drug-likeness (QED) is 0.699. The summed E-state index contributed by atoms with van der Waals surface area (Å²) in [5.74, 6) is -0.157. The van der Waals surface area contributed by atoms with Crippen molar-refractivity contribution in [3.8, 4) is 0 Å². The molecule has 0 bridgehead atoms. The van der Waals surface area contributed by atoms with Crippen molar-refractivity contribution in [2.75, 3.05) is 13.7 Å². The largest absolute Gasteiger partial charge is 0.480 e. The molecule has 0 spiro atoms. The molecule has 19 heavy (non-hydrogen) atoms. The molecule has 2 N–H and O–H groups in total. The van der Waals surface area contributed by atoms with Crippen LogP contribution in [-0.2, 0) is 9.53 Å². The van der Waals surface area contributed by atoms with E-state index in [4.69, 9.17) is 4.74 Å². The van der Waals surface area contributed by atoms with Gasteiger partial charge in [-0.1, -0.05) is 25.7 Å². The molecule has 0 saturated heterocycles. The number of nitrogens with one attached hydrogen (secondary N) is 1. The number of ether oxygens (including phenoxy) is 1. The molecule has 112 valence electrons. The van der Waals surface area contributed by atoms with Crippen LogP contribution in [0.3, 0.4) is 0 Å². The highest BCUT2D eigenvalue weighted by Crippen LogP contribution is 2.24. The van der Waals surface area contributed by atoms with E-state index in [-0.39, 0.29) is 6.10 Å².